The lowest BCUT2D eigenvalue weighted by Crippen LogP contribution is -2.28. The highest BCUT2D eigenvalue weighted by molar-refractivity contribution is 9.10. The molecule has 0 saturated heterocycles. The zero-order chi connectivity index (χ0) is 12.4. The van der Waals surface area contributed by atoms with Crippen molar-refractivity contribution in [1.29, 1.82) is 0 Å². The molecule has 1 saturated carbocycles. The molecule has 0 unspecified atom stereocenters. The molecule has 0 heterocycles. The average Bonchev–Trinajstić information content (AvgIpc) is 3.10. The number of benzene rings is 1. The van der Waals surface area contributed by atoms with Gasteiger partial charge in [-0.1, -0.05) is 22.0 Å². The summed E-state index contributed by atoms with van der Waals surface area (Å²) in [6, 6.07) is 7.83. The van der Waals surface area contributed by atoms with E-state index in [1.54, 1.807) is 0 Å². The van der Waals surface area contributed by atoms with Crippen LogP contribution in [0.15, 0.2) is 22.7 Å². The highest BCUT2D eigenvalue weighted by Gasteiger charge is 2.21. The van der Waals surface area contributed by atoms with E-state index in [4.69, 9.17) is 0 Å². The number of anilines is 1. The fraction of sp³-hybridized carbons (Fsp3) is 0.571. The highest BCUT2D eigenvalue weighted by atomic mass is 79.9. The molecular weight excluding hydrogens is 276 g/mol. The maximum atomic E-state index is 3.58. The maximum Gasteiger partial charge on any atom is 0.0422 e. The van der Waals surface area contributed by atoms with Crippen LogP contribution < -0.4 is 10.2 Å². The third kappa shape index (κ3) is 3.46. The van der Waals surface area contributed by atoms with Crippen molar-refractivity contribution >= 4 is 21.6 Å². The van der Waals surface area contributed by atoms with Crippen LogP contribution in [0, 0.1) is 0 Å². The van der Waals surface area contributed by atoms with E-state index in [0.29, 0.717) is 6.04 Å². The van der Waals surface area contributed by atoms with Crippen molar-refractivity contribution in [3.8, 4) is 0 Å². The Bertz CT molecular complexity index is 386. The molecule has 0 atom stereocenters. The Morgan fingerprint density at radius 3 is 2.71 bits per heavy atom. The van der Waals surface area contributed by atoms with Crippen LogP contribution in [0.25, 0.3) is 0 Å². The zero-order valence-corrected chi connectivity index (χ0v) is 12.4. The van der Waals surface area contributed by atoms with Gasteiger partial charge in [0.05, 0.1) is 0 Å². The van der Waals surface area contributed by atoms with Crippen LogP contribution in [0.5, 0.6) is 0 Å². The molecule has 1 fully saturated rings. The van der Waals surface area contributed by atoms with Crippen molar-refractivity contribution in [3.63, 3.8) is 0 Å². The molecule has 1 aliphatic carbocycles. The number of hydrogen-bond acceptors (Lipinski definition) is 2. The summed E-state index contributed by atoms with van der Waals surface area (Å²) >= 11 is 3.56. The predicted octanol–water partition coefficient (Wildman–Crippen LogP) is 3.55. The molecule has 1 aromatic rings. The fourth-order valence-electron chi connectivity index (χ4n) is 1.83. The summed E-state index contributed by atoms with van der Waals surface area (Å²) in [6.45, 7) is 5.42. The first kappa shape index (κ1) is 12.9. The van der Waals surface area contributed by atoms with Gasteiger partial charge in [-0.05, 0) is 44.4 Å². The third-order valence-corrected chi connectivity index (χ3v) is 3.85. The summed E-state index contributed by atoms with van der Waals surface area (Å²) in [5, 5.41) is 3.58. The first-order valence-electron chi connectivity index (χ1n) is 6.32. The first-order valence-corrected chi connectivity index (χ1v) is 7.12. The summed E-state index contributed by atoms with van der Waals surface area (Å²) in [5.74, 6) is 0. The van der Waals surface area contributed by atoms with Crippen molar-refractivity contribution in [1.82, 2.24) is 5.32 Å². The van der Waals surface area contributed by atoms with E-state index in [1.165, 1.54) is 24.1 Å². The van der Waals surface area contributed by atoms with Crippen molar-refractivity contribution < 1.29 is 0 Å². The molecule has 17 heavy (non-hydrogen) atoms. The van der Waals surface area contributed by atoms with Gasteiger partial charge in [0.1, 0.15) is 0 Å². The van der Waals surface area contributed by atoms with Crippen molar-refractivity contribution in [2.45, 2.75) is 45.3 Å². The van der Waals surface area contributed by atoms with E-state index in [1.807, 2.05) is 0 Å². The van der Waals surface area contributed by atoms with Crippen LogP contribution >= 0.6 is 15.9 Å². The Balaban J connectivity index is 2.16. The number of nitrogens with one attached hydrogen (secondary N) is 1. The molecular formula is C14H21BrN2. The van der Waals surface area contributed by atoms with Crippen molar-refractivity contribution in [3.05, 3.63) is 28.2 Å². The van der Waals surface area contributed by atoms with Crippen molar-refractivity contribution in [2.24, 2.45) is 0 Å². The largest absolute Gasteiger partial charge is 0.372 e. The minimum atomic E-state index is 0.518. The van der Waals surface area contributed by atoms with Gasteiger partial charge >= 0.3 is 0 Å². The minimum Gasteiger partial charge on any atom is -0.372 e. The maximum absolute atomic E-state index is 3.58. The van der Waals surface area contributed by atoms with Crippen LogP contribution in [-0.4, -0.2) is 19.1 Å². The number of hydrogen-bond donors (Lipinski definition) is 1. The lowest BCUT2D eigenvalue weighted by Gasteiger charge is -2.27. The molecule has 0 spiro atoms. The minimum absolute atomic E-state index is 0.518. The highest BCUT2D eigenvalue weighted by Crippen LogP contribution is 2.27. The Morgan fingerprint density at radius 2 is 2.12 bits per heavy atom. The lowest BCUT2D eigenvalue weighted by atomic mass is 10.1. The van der Waals surface area contributed by atoms with E-state index in [2.05, 4.69) is 65.2 Å². The molecule has 94 valence electrons. The second-order valence-electron chi connectivity index (χ2n) is 5.13. The van der Waals surface area contributed by atoms with E-state index < -0.39 is 0 Å². The Kier molecular flexibility index (Phi) is 4.10. The van der Waals surface area contributed by atoms with Gasteiger partial charge in [-0.25, -0.2) is 0 Å². The van der Waals surface area contributed by atoms with Gasteiger partial charge in [-0.2, -0.15) is 0 Å². The van der Waals surface area contributed by atoms with Crippen LogP contribution in [0.3, 0.4) is 0 Å². The van der Waals surface area contributed by atoms with Gasteiger partial charge in [0.2, 0.25) is 0 Å². The van der Waals surface area contributed by atoms with E-state index >= 15 is 0 Å². The van der Waals surface area contributed by atoms with Gasteiger partial charge in [-0.15, -0.1) is 0 Å². The molecule has 3 heteroatoms. The molecule has 1 aromatic carbocycles. The van der Waals surface area contributed by atoms with E-state index in [9.17, 15) is 0 Å². The SMILES string of the molecule is CC(C)N(C)c1cc(Br)ccc1CNC1CC1. The predicted molar refractivity (Wildman–Crippen MR) is 77.5 cm³/mol. The second-order valence-corrected chi connectivity index (χ2v) is 6.05. The Hall–Kier alpha value is -0.540. The first-order chi connectivity index (χ1) is 8.08. The van der Waals surface area contributed by atoms with Gasteiger partial charge in [0, 0.05) is 35.8 Å². The fourth-order valence-corrected chi connectivity index (χ4v) is 2.18. The topological polar surface area (TPSA) is 15.3 Å². The van der Waals surface area contributed by atoms with Crippen molar-refractivity contribution in [2.75, 3.05) is 11.9 Å². The van der Waals surface area contributed by atoms with Gasteiger partial charge in [0.15, 0.2) is 0 Å². The molecule has 1 aliphatic rings. The van der Waals surface area contributed by atoms with Crippen LogP contribution in [0.4, 0.5) is 5.69 Å². The number of nitrogens with zero attached hydrogens (tertiary/aromatic N) is 1. The summed E-state index contributed by atoms with van der Waals surface area (Å²) < 4.78 is 1.15. The van der Waals surface area contributed by atoms with Crippen LogP contribution in [-0.2, 0) is 6.54 Å². The number of halogens is 1. The van der Waals surface area contributed by atoms with Crippen LogP contribution in [0.2, 0.25) is 0 Å². The molecule has 0 amide bonds. The summed E-state index contributed by atoms with van der Waals surface area (Å²) in [5.41, 5.74) is 2.71. The Labute approximate surface area is 113 Å². The quantitative estimate of drug-likeness (QED) is 0.894. The molecule has 0 bridgehead atoms. The van der Waals surface area contributed by atoms with Gasteiger partial charge < -0.3 is 10.2 Å². The third-order valence-electron chi connectivity index (χ3n) is 3.36. The Morgan fingerprint density at radius 1 is 1.41 bits per heavy atom. The lowest BCUT2D eigenvalue weighted by molar-refractivity contribution is 0.679. The smallest absolute Gasteiger partial charge is 0.0422 e. The zero-order valence-electron chi connectivity index (χ0n) is 10.8. The van der Waals surface area contributed by atoms with Crippen LogP contribution in [0.1, 0.15) is 32.3 Å². The molecule has 2 rings (SSSR count). The van der Waals surface area contributed by atoms with Gasteiger partial charge in [-0.3, -0.25) is 0 Å². The summed E-state index contributed by atoms with van der Waals surface area (Å²) in [4.78, 5) is 2.33. The standard InChI is InChI=1S/C14H21BrN2/c1-10(2)17(3)14-8-12(15)5-4-11(14)9-16-13-6-7-13/h4-5,8,10,13,16H,6-7,9H2,1-3H3. The summed E-state index contributed by atoms with van der Waals surface area (Å²) in [6.07, 6.45) is 2.68. The van der Waals surface area contributed by atoms with E-state index in [0.717, 1.165) is 17.1 Å². The molecule has 0 aliphatic heterocycles. The average molecular weight is 297 g/mol. The second kappa shape index (κ2) is 5.40. The normalized spacial score (nSPS) is 15.4. The molecule has 2 nitrogen and oxygen atoms in total. The monoisotopic (exact) mass is 296 g/mol. The van der Waals surface area contributed by atoms with Gasteiger partial charge in [0.25, 0.3) is 0 Å². The number of rotatable bonds is 5. The van der Waals surface area contributed by atoms with E-state index in [-0.39, 0.29) is 0 Å². The molecule has 1 N–H and O–H groups in total. The molecule has 0 aromatic heterocycles. The molecule has 0 radical (unpaired) electrons. The summed E-state index contributed by atoms with van der Waals surface area (Å²) in [7, 11) is 2.16.